The van der Waals surface area contributed by atoms with Crippen LogP contribution in [0.2, 0.25) is 0 Å². The van der Waals surface area contributed by atoms with Gasteiger partial charge in [-0.2, -0.15) is 0 Å². The second-order valence-corrected chi connectivity index (χ2v) is 6.73. The Morgan fingerprint density at radius 1 is 1.30 bits per heavy atom. The average Bonchev–Trinajstić information content (AvgIpc) is 2.41. The largest absolute Gasteiger partial charge is 0.381 e. The third kappa shape index (κ3) is 4.13. The van der Waals surface area contributed by atoms with Gasteiger partial charge in [-0.3, -0.25) is 0 Å². The fourth-order valence-electron chi connectivity index (χ4n) is 2.85. The summed E-state index contributed by atoms with van der Waals surface area (Å²) in [7, 11) is 4.19. The summed E-state index contributed by atoms with van der Waals surface area (Å²) in [6.45, 7) is 5.94. The van der Waals surface area contributed by atoms with E-state index in [0.717, 1.165) is 4.47 Å². The molecule has 1 fully saturated rings. The van der Waals surface area contributed by atoms with Gasteiger partial charge in [-0.25, -0.2) is 0 Å². The lowest BCUT2D eigenvalue weighted by Gasteiger charge is -2.33. The lowest BCUT2D eigenvalue weighted by atomic mass is 10.0. The van der Waals surface area contributed by atoms with Crippen molar-refractivity contribution in [1.82, 2.24) is 4.90 Å². The molecule has 0 saturated carbocycles. The van der Waals surface area contributed by atoms with Crippen LogP contribution in [0.3, 0.4) is 0 Å². The Hall–Kier alpha value is -0.740. The highest BCUT2D eigenvalue weighted by atomic mass is 79.9. The smallest absolute Gasteiger partial charge is 0.0597 e. The zero-order valence-electron chi connectivity index (χ0n) is 12.8. The van der Waals surface area contributed by atoms with Crippen LogP contribution < -0.4 is 10.2 Å². The number of nitrogens with one attached hydrogen (secondary N) is 1. The van der Waals surface area contributed by atoms with Crippen LogP contribution >= 0.6 is 15.9 Å². The van der Waals surface area contributed by atoms with Crippen LogP contribution in [0.15, 0.2) is 22.7 Å². The van der Waals surface area contributed by atoms with E-state index in [2.05, 4.69) is 70.3 Å². The predicted molar refractivity (Wildman–Crippen MR) is 91.8 cm³/mol. The van der Waals surface area contributed by atoms with Crippen molar-refractivity contribution in [2.45, 2.75) is 32.2 Å². The number of nitrogens with zero attached hydrogens (tertiary/aromatic N) is 2. The first kappa shape index (κ1) is 15.6. The minimum absolute atomic E-state index is 0.594. The molecule has 112 valence electrons. The Bertz CT molecular complexity index is 426. The minimum atomic E-state index is 0.594. The molecule has 1 N–H and O–H groups in total. The number of halogens is 1. The third-order valence-electron chi connectivity index (χ3n) is 3.93. The molecule has 0 amide bonds. The molecule has 1 aromatic rings. The van der Waals surface area contributed by atoms with E-state index in [9.17, 15) is 0 Å². The summed E-state index contributed by atoms with van der Waals surface area (Å²) in [6.07, 6.45) is 3.73. The van der Waals surface area contributed by atoms with Gasteiger partial charge in [0.1, 0.15) is 0 Å². The molecule has 0 aromatic heterocycles. The monoisotopic (exact) mass is 339 g/mol. The molecule has 0 radical (unpaired) electrons. The maximum absolute atomic E-state index is 3.74. The Labute approximate surface area is 131 Å². The van der Waals surface area contributed by atoms with E-state index in [1.807, 2.05) is 0 Å². The van der Waals surface area contributed by atoms with Gasteiger partial charge in [0, 0.05) is 37.7 Å². The van der Waals surface area contributed by atoms with Crippen molar-refractivity contribution < 1.29 is 0 Å². The van der Waals surface area contributed by atoms with Crippen LogP contribution in [-0.2, 0) is 0 Å². The van der Waals surface area contributed by atoms with E-state index in [1.165, 1.54) is 50.3 Å². The van der Waals surface area contributed by atoms with Crippen molar-refractivity contribution in [2.75, 3.05) is 43.9 Å². The standard InChI is InChI=1S/C16H26BrN3/c1-4-9-20-10-7-14(8-11-20)18-15-12-13(17)5-6-16(15)19(2)3/h5-6,12,14,18H,4,7-11H2,1-3H3. The molecule has 1 heterocycles. The van der Waals surface area contributed by atoms with Gasteiger partial charge in [0.2, 0.25) is 0 Å². The number of rotatable bonds is 5. The van der Waals surface area contributed by atoms with E-state index in [0.29, 0.717) is 6.04 Å². The molecule has 0 atom stereocenters. The van der Waals surface area contributed by atoms with Crippen LogP contribution in [0.25, 0.3) is 0 Å². The zero-order chi connectivity index (χ0) is 14.5. The molecular weight excluding hydrogens is 314 g/mol. The highest BCUT2D eigenvalue weighted by Gasteiger charge is 2.19. The molecule has 4 heteroatoms. The summed E-state index contributed by atoms with van der Waals surface area (Å²) in [5.41, 5.74) is 2.49. The second-order valence-electron chi connectivity index (χ2n) is 5.82. The zero-order valence-corrected chi connectivity index (χ0v) is 14.4. The van der Waals surface area contributed by atoms with Gasteiger partial charge in [0.25, 0.3) is 0 Å². The molecule has 0 spiro atoms. The van der Waals surface area contributed by atoms with Crippen molar-refractivity contribution in [1.29, 1.82) is 0 Å². The highest BCUT2D eigenvalue weighted by molar-refractivity contribution is 9.10. The van der Waals surface area contributed by atoms with Gasteiger partial charge in [0.15, 0.2) is 0 Å². The molecular formula is C16H26BrN3. The minimum Gasteiger partial charge on any atom is -0.381 e. The first-order chi connectivity index (χ1) is 9.60. The second kappa shape index (κ2) is 7.32. The molecule has 0 bridgehead atoms. The maximum Gasteiger partial charge on any atom is 0.0597 e. The van der Waals surface area contributed by atoms with Crippen molar-refractivity contribution >= 4 is 27.3 Å². The van der Waals surface area contributed by atoms with Crippen LogP contribution in [0.5, 0.6) is 0 Å². The molecule has 20 heavy (non-hydrogen) atoms. The number of anilines is 2. The number of benzene rings is 1. The Balaban J connectivity index is 1.98. The summed E-state index contributed by atoms with van der Waals surface area (Å²) in [5, 5.41) is 3.74. The van der Waals surface area contributed by atoms with Crippen LogP contribution in [0.4, 0.5) is 11.4 Å². The first-order valence-corrected chi connectivity index (χ1v) is 8.35. The number of likely N-dealkylation sites (tertiary alicyclic amines) is 1. The van der Waals surface area contributed by atoms with Crippen molar-refractivity contribution in [3.8, 4) is 0 Å². The quantitative estimate of drug-likeness (QED) is 0.880. The topological polar surface area (TPSA) is 18.5 Å². The SMILES string of the molecule is CCCN1CCC(Nc2cc(Br)ccc2N(C)C)CC1. The maximum atomic E-state index is 3.74. The van der Waals surface area contributed by atoms with Crippen LogP contribution in [0, 0.1) is 0 Å². The number of piperidine rings is 1. The number of hydrogen-bond acceptors (Lipinski definition) is 3. The molecule has 1 saturated heterocycles. The van der Waals surface area contributed by atoms with Gasteiger partial charge in [-0.1, -0.05) is 22.9 Å². The lowest BCUT2D eigenvalue weighted by Crippen LogP contribution is -2.39. The summed E-state index contributed by atoms with van der Waals surface area (Å²) in [4.78, 5) is 4.74. The Kier molecular flexibility index (Phi) is 5.73. The van der Waals surface area contributed by atoms with Gasteiger partial charge >= 0.3 is 0 Å². The van der Waals surface area contributed by atoms with Gasteiger partial charge in [0.05, 0.1) is 11.4 Å². The molecule has 2 rings (SSSR count). The van der Waals surface area contributed by atoms with Crippen LogP contribution in [0.1, 0.15) is 26.2 Å². The van der Waals surface area contributed by atoms with E-state index in [-0.39, 0.29) is 0 Å². The molecule has 3 nitrogen and oxygen atoms in total. The van der Waals surface area contributed by atoms with Crippen LogP contribution in [-0.4, -0.2) is 44.7 Å². The van der Waals surface area contributed by atoms with Gasteiger partial charge in [-0.05, 0) is 44.0 Å². The molecule has 0 aliphatic carbocycles. The molecule has 0 unspecified atom stereocenters. The van der Waals surface area contributed by atoms with Gasteiger partial charge in [-0.15, -0.1) is 0 Å². The summed E-state index contributed by atoms with van der Waals surface area (Å²) in [6, 6.07) is 7.05. The summed E-state index contributed by atoms with van der Waals surface area (Å²) >= 11 is 3.57. The Morgan fingerprint density at radius 2 is 2.00 bits per heavy atom. The summed E-state index contributed by atoms with van der Waals surface area (Å²) < 4.78 is 1.13. The van der Waals surface area contributed by atoms with E-state index in [4.69, 9.17) is 0 Å². The molecule has 1 aliphatic rings. The molecule has 1 aliphatic heterocycles. The lowest BCUT2D eigenvalue weighted by molar-refractivity contribution is 0.219. The summed E-state index contributed by atoms with van der Waals surface area (Å²) in [5.74, 6) is 0. The predicted octanol–water partition coefficient (Wildman–Crippen LogP) is 3.80. The number of hydrogen-bond donors (Lipinski definition) is 1. The average molecular weight is 340 g/mol. The van der Waals surface area contributed by atoms with Crippen molar-refractivity contribution in [3.05, 3.63) is 22.7 Å². The first-order valence-electron chi connectivity index (χ1n) is 7.56. The van der Waals surface area contributed by atoms with Crippen molar-refractivity contribution in [3.63, 3.8) is 0 Å². The molecule has 1 aromatic carbocycles. The van der Waals surface area contributed by atoms with E-state index < -0.39 is 0 Å². The normalized spacial score (nSPS) is 17.2. The van der Waals surface area contributed by atoms with Crippen molar-refractivity contribution in [2.24, 2.45) is 0 Å². The van der Waals surface area contributed by atoms with Gasteiger partial charge < -0.3 is 15.1 Å². The highest BCUT2D eigenvalue weighted by Crippen LogP contribution is 2.30. The van der Waals surface area contributed by atoms with E-state index >= 15 is 0 Å². The third-order valence-corrected chi connectivity index (χ3v) is 4.42. The van der Waals surface area contributed by atoms with E-state index in [1.54, 1.807) is 0 Å². The fraction of sp³-hybridized carbons (Fsp3) is 0.625. The fourth-order valence-corrected chi connectivity index (χ4v) is 3.21. The Morgan fingerprint density at radius 3 is 2.60 bits per heavy atom.